The predicted molar refractivity (Wildman–Crippen MR) is 65.7 cm³/mol. The summed E-state index contributed by atoms with van der Waals surface area (Å²) in [5.74, 6) is -2.23. The molecule has 0 fully saturated rings. The molecule has 0 heterocycles. The van der Waals surface area contributed by atoms with Crippen molar-refractivity contribution >= 4 is 5.91 Å². The Kier molecular flexibility index (Phi) is 5.69. The number of carbonyl (C=O) groups is 1. The van der Waals surface area contributed by atoms with E-state index in [1.54, 1.807) is 0 Å². The number of hydrogen-bond acceptors (Lipinski definition) is 3. The van der Waals surface area contributed by atoms with Gasteiger partial charge in [-0.25, -0.2) is 8.78 Å². The molecule has 0 saturated heterocycles. The number of nitrogens with one attached hydrogen (secondary N) is 1. The number of hydrogen-bond donors (Lipinski definition) is 2. The first kappa shape index (κ1) is 15.4. The van der Waals surface area contributed by atoms with Gasteiger partial charge < -0.3 is 15.2 Å². The Morgan fingerprint density at radius 3 is 2.68 bits per heavy atom. The van der Waals surface area contributed by atoms with Crippen LogP contribution in [0.15, 0.2) is 18.2 Å². The molecule has 0 saturated carbocycles. The van der Waals surface area contributed by atoms with Crippen LogP contribution in [0.2, 0.25) is 0 Å². The molecule has 1 unspecified atom stereocenters. The van der Waals surface area contributed by atoms with E-state index in [1.165, 1.54) is 0 Å². The molecule has 106 valence electrons. The van der Waals surface area contributed by atoms with E-state index in [2.05, 4.69) is 5.32 Å². The minimum atomic E-state index is -0.866. The largest absolute Gasteiger partial charge is 0.481 e. The number of carbonyl (C=O) groups excluding carboxylic acids is 1. The smallest absolute Gasteiger partial charge is 0.258 e. The van der Waals surface area contributed by atoms with Crippen LogP contribution in [0.3, 0.4) is 0 Å². The lowest BCUT2D eigenvalue weighted by Crippen LogP contribution is -2.37. The van der Waals surface area contributed by atoms with E-state index < -0.39 is 30.3 Å². The molecule has 1 amide bonds. The number of amides is 1. The molecule has 1 aromatic carbocycles. The molecule has 1 atom stereocenters. The third-order valence-corrected chi connectivity index (χ3v) is 2.53. The number of aliphatic hydroxyl groups excluding tert-OH is 1. The van der Waals surface area contributed by atoms with E-state index in [4.69, 9.17) is 4.74 Å². The highest BCUT2D eigenvalue weighted by molar-refractivity contribution is 5.77. The fraction of sp³-hybridized carbons (Fsp3) is 0.462. The lowest BCUT2D eigenvalue weighted by molar-refractivity contribution is -0.123. The van der Waals surface area contributed by atoms with Gasteiger partial charge in [0.25, 0.3) is 5.91 Å². The number of aliphatic hydroxyl groups is 1. The molecule has 2 N–H and O–H groups in total. The molecule has 0 spiro atoms. The molecule has 4 nitrogen and oxygen atoms in total. The Hall–Kier alpha value is -1.69. The monoisotopic (exact) mass is 273 g/mol. The van der Waals surface area contributed by atoms with Gasteiger partial charge in [-0.15, -0.1) is 0 Å². The summed E-state index contributed by atoms with van der Waals surface area (Å²) in [7, 11) is 0. The summed E-state index contributed by atoms with van der Waals surface area (Å²) in [6.45, 7) is 3.35. The van der Waals surface area contributed by atoms with E-state index in [0.717, 1.165) is 12.1 Å². The molecule has 0 radical (unpaired) electrons. The van der Waals surface area contributed by atoms with Gasteiger partial charge in [-0.2, -0.15) is 0 Å². The topological polar surface area (TPSA) is 58.6 Å². The van der Waals surface area contributed by atoms with Gasteiger partial charge in [-0.05, 0) is 18.1 Å². The Balaban J connectivity index is 2.38. The lowest BCUT2D eigenvalue weighted by atomic mass is 10.1. The maximum Gasteiger partial charge on any atom is 0.258 e. The molecule has 0 aromatic heterocycles. The highest BCUT2D eigenvalue weighted by atomic mass is 19.1. The fourth-order valence-electron chi connectivity index (χ4n) is 1.24. The van der Waals surface area contributed by atoms with Crippen molar-refractivity contribution in [3.63, 3.8) is 0 Å². The number of halogens is 2. The van der Waals surface area contributed by atoms with Crippen LogP contribution in [0.1, 0.15) is 13.8 Å². The summed E-state index contributed by atoms with van der Waals surface area (Å²) in [5, 5.41) is 11.9. The molecule has 1 aromatic rings. The second-order valence-corrected chi connectivity index (χ2v) is 4.48. The lowest BCUT2D eigenvalue weighted by Gasteiger charge is -2.15. The van der Waals surface area contributed by atoms with Crippen molar-refractivity contribution in [2.45, 2.75) is 20.0 Å². The molecule has 1 rings (SSSR count). The summed E-state index contributed by atoms with van der Waals surface area (Å²) in [6.07, 6.45) is -0.647. The number of benzene rings is 1. The molecule has 0 bridgehead atoms. The second-order valence-electron chi connectivity index (χ2n) is 4.48. The molecule has 0 aliphatic rings. The molecule has 19 heavy (non-hydrogen) atoms. The average molecular weight is 273 g/mol. The van der Waals surface area contributed by atoms with Crippen LogP contribution in [0, 0.1) is 17.6 Å². The standard InChI is InChI=1S/C13H17F2NO3/c1-8(2)11(17)6-16-13(18)7-19-12-4-3-9(14)5-10(12)15/h3-5,8,11,17H,6-7H2,1-2H3,(H,16,18). The van der Waals surface area contributed by atoms with E-state index >= 15 is 0 Å². The first-order chi connectivity index (χ1) is 8.90. The summed E-state index contributed by atoms with van der Waals surface area (Å²) >= 11 is 0. The molecule has 6 heteroatoms. The Morgan fingerprint density at radius 2 is 2.11 bits per heavy atom. The van der Waals surface area contributed by atoms with Gasteiger partial charge in [0.1, 0.15) is 5.82 Å². The zero-order valence-electron chi connectivity index (χ0n) is 10.8. The van der Waals surface area contributed by atoms with Crippen molar-refractivity contribution < 1.29 is 23.4 Å². The second kappa shape index (κ2) is 7.04. The summed E-state index contributed by atoms with van der Waals surface area (Å²) in [6, 6.07) is 2.83. The maximum atomic E-state index is 13.2. The summed E-state index contributed by atoms with van der Waals surface area (Å²) in [4.78, 5) is 11.4. The van der Waals surface area contributed by atoms with Crippen molar-refractivity contribution in [2.75, 3.05) is 13.2 Å². The van der Waals surface area contributed by atoms with Crippen molar-refractivity contribution in [2.24, 2.45) is 5.92 Å². The zero-order valence-corrected chi connectivity index (χ0v) is 10.8. The van der Waals surface area contributed by atoms with Gasteiger partial charge >= 0.3 is 0 Å². The number of rotatable bonds is 6. The number of ether oxygens (including phenoxy) is 1. The predicted octanol–water partition coefficient (Wildman–Crippen LogP) is 1.48. The van der Waals surface area contributed by atoms with Crippen LogP contribution in [0.25, 0.3) is 0 Å². The maximum absolute atomic E-state index is 13.2. The van der Waals surface area contributed by atoms with Crippen LogP contribution in [0.4, 0.5) is 8.78 Å². The minimum Gasteiger partial charge on any atom is -0.481 e. The highest BCUT2D eigenvalue weighted by Gasteiger charge is 2.12. The van der Waals surface area contributed by atoms with Crippen LogP contribution in [-0.4, -0.2) is 30.3 Å². The zero-order chi connectivity index (χ0) is 14.4. The Labute approximate surface area is 110 Å². The van der Waals surface area contributed by atoms with Crippen molar-refractivity contribution in [3.8, 4) is 5.75 Å². The third kappa shape index (κ3) is 5.21. The van der Waals surface area contributed by atoms with Gasteiger partial charge in [-0.3, -0.25) is 4.79 Å². The first-order valence-corrected chi connectivity index (χ1v) is 5.92. The molecular formula is C13H17F2NO3. The minimum absolute atomic E-state index is 0.0239. The Morgan fingerprint density at radius 1 is 1.42 bits per heavy atom. The van der Waals surface area contributed by atoms with E-state index in [0.29, 0.717) is 6.07 Å². The third-order valence-electron chi connectivity index (χ3n) is 2.53. The van der Waals surface area contributed by atoms with Crippen LogP contribution >= 0.6 is 0 Å². The SMILES string of the molecule is CC(C)C(O)CNC(=O)COc1ccc(F)cc1F. The van der Waals surface area contributed by atoms with Crippen molar-refractivity contribution in [1.29, 1.82) is 0 Å². The van der Waals surface area contributed by atoms with Gasteiger partial charge in [0, 0.05) is 12.6 Å². The average Bonchev–Trinajstić information content (AvgIpc) is 2.34. The van der Waals surface area contributed by atoms with Crippen molar-refractivity contribution in [3.05, 3.63) is 29.8 Å². The molecule has 0 aliphatic carbocycles. The van der Waals surface area contributed by atoms with Gasteiger partial charge in [0.15, 0.2) is 18.2 Å². The van der Waals surface area contributed by atoms with E-state index in [1.807, 2.05) is 13.8 Å². The fourth-order valence-corrected chi connectivity index (χ4v) is 1.24. The normalized spacial score (nSPS) is 12.3. The van der Waals surface area contributed by atoms with Crippen molar-refractivity contribution in [1.82, 2.24) is 5.32 Å². The van der Waals surface area contributed by atoms with Gasteiger partial charge in [0.05, 0.1) is 6.10 Å². The molecular weight excluding hydrogens is 256 g/mol. The summed E-state index contributed by atoms with van der Waals surface area (Å²) in [5.41, 5.74) is 0. The molecule has 0 aliphatic heterocycles. The first-order valence-electron chi connectivity index (χ1n) is 5.92. The van der Waals surface area contributed by atoms with Crippen LogP contribution in [0.5, 0.6) is 5.75 Å². The highest BCUT2D eigenvalue weighted by Crippen LogP contribution is 2.17. The van der Waals surface area contributed by atoms with Gasteiger partial charge in [-0.1, -0.05) is 13.8 Å². The quantitative estimate of drug-likeness (QED) is 0.825. The van der Waals surface area contributed by atoms with E-state index in [9.17, 15) is 18.7 Å². The van der Waals surface area contributed by atoms with Crippen LogP contribution in [-0.2, 0) is 4.79 Å². The van der Waals surface area contributed by atoms with E-state index in [-0.39, 0.29) is 18.2 Å². The van der Waals surface area contributed by atoms with Crippen LogP contribution < -0.4 is 10.1 Å². The van der Waals surface area contributed by atoms with Gasteiger partial charge in [0.2, 0.25) is 0 Å². The Bertz CT molecular complexity index is 438. The summed E-state index contributed by atoms with van der Waals surface area (Å²) < 4.78 is 30.7.